The van der Waals surface area contributed by atoms with Crippen molar-refractivity contribution in [2.75, 3.05) is 0 Å². The molecular weight excluding hydrogens is 357 g/mol. The van der Waals surface area contributed by atoms with Gasteiger partial charge in [-0.05, 0) is 42.3 Å². The molecule has 0 saturated heterocycles. The third-order valence-corrected chi connectivity index (χ3v) is 4.67. The summed E-state index contributed by atoms with van der Waals surface area (Å²) in [6.07, 6.45) is 1.54. The van der Waals surface area contributed by atoms with Gasteiger partial charge in [0.25, 0.3) is 5.56 Å². The molecule has 0 unspecified atom stereocenters. The fourth-order valence-electron chi connectivity index (χ4n) is 3.22. The molecule has 28 heavy (non-hydrogen) atoms. The monoisotopic (exact) mass is 375 g/mol. The molecule has 5 nitrogen and oxygen atoms in total. The predicted octanol–water partition coefficient (Wildman–Crippen LogP) is 3.10. The number of aromatic nitrogens is 3. The number of aryl methyl sites for hydroxylation is 1. The number of hydrogen-bond donors (Lipinski definition) is 0. The minimum atomic E-state index is -0.471. The van der Waals surface area contributed by atoms with E-state index in [1.165, 1.54) is 27.5 Å². The van der Waals surface area contributed by atoms with Crippen LogP contribution < -0.4 is 11.2 Å². The summed E-state index contributed by atoms with van der Waals surface area (Å²) in [7, 11) is 0. The quantitative estimate of drug-likeness (QED) is 0.551. The molecule has 0 atom stereocenters. The molecule has 2 heterocycles. The predicted molar refractivity (Wildman–Crippen MR) is 106 cm³/mol. The van der Waals surface area contributed by atoms with E-state index in [0.29, 0.717) is 16.6 Å². The smallest absolute Gasteiger partial charge is 0.273 e. The fourth-order valence-corrected chi connectivity index (χ4v) is 3.22. The second-order valence-corrected chi connectivity index (χ2v) is 6.75. The molecule has 0 N–H and O–H groups in total. The number of nitrogens with zero attached hydrogens (tertiary/aromatic N) is 3. The van der Waals surface area contributed by atoms with Crippen LogP contribution in [0.1, 0.15) is 16.7 Å². The highest BCUT2D eigenvalue weighted by Gasteiger charge is 2.14. The highest BCUT2D eigenvalue weighted by atomic mass is 19.1. The van der Waals surface area contributed by atoms with Crippen LogP contribution in [-0.4, -0.2) is 14.1 Å². The first-order valence-electron chi connectivity index (χ1n) is 8.91. The average molecular weight is 375 g/mol. The van der Waals surface area contributed by atoms with Gasteiger partial charge in [-0.3, -0.25) is 13.9 Å². The van der Waals surface area contributed by atoms with Gasteiger partial charge in [-0.1, -0.05) is 42.0 Å². The van der Waals surface area contributed by atoms with Crippen molar-refractivity contribution in [1.29, 1.82) is 0 Å². The van der Waals surface area contributed by atoms with Crippen LogP contribution in [0.2, 0.25) is 0 Å². The summed E-state index contributed by atoms with van der Waals surface area (Å²) in [5, 5.41) is 0.352. The van der Waals surface area contributed by atoms with Crippen LogP contribution in [-0.2, 0) is 13.1 Å². The average Bonchev–Trinajstić information content (AvgIpc) is 2.70. The van der Waals surface area contributed by atoms with E-state index in [0.717, 1.165) is 11.1 Å². The Morgan fingerprint density at radius 3 is 2.39 bits per heavy atom. The summed E-state index contributed by atoms with van der Waals surface area (Å²) in [6, 6.07) is 17.0. The van der Waals surface area contributed by atoms with E-state index in [2.05, 4.69) is 4.98 Å². The molecule has 0 bridgehead atoms. The lowest BCUT2D eigenvalue weighted by atomic mass is 10.1. The first kappa shape index (κ1) is 17.9. The number of fused-ring (bicyclic) bond motifs is 1. The van der Waals surface area contributed by atoms with Gasteiger partial charge >= 0.3 is 5.69 Å². The number of benzene rings is 2. The van der Waals surface area contributed by atoms with Crippen molar-refractivity contribution in [2.45, 2.75) is 20.0 Å². The highest BCUT2D eigenvalue weighted by Crippen LogP contribution is 2.10. The molecule has 0 fully saturated rings. The Balaban J connectivity index is 1.89. The van der Waals surface area contributed by atoms with Crippen LogP contribution >= 0.6 is 0 Å². The molecule has 2 aromatic carbocycles. The van der Waals surface area contributed by atoms with E-state index < -0.39 is 5.69 Å². The lowest BCUT2D eigenvalue weighted by Crippen LogP contribution is -2.40. The molecule has 0 aliphatic heterocycles. The zero-order valence-electron chi connectivity index (χ0n) is 15.3. The number of pyridine rings is 1. The minimum Gasteiger partial charge on any atom is -0.273 e. The van der Waals surface area contributed by atoms with Gasteiger partial charge in [-0.25, -0.2) is 14.2 Å². The van der Waals surface area contributed by atoms with E-state index in [9.17, 15) is 14.0 Å². The van der Waals surface area contributed by atoms with Crippen LogP contribution in [0.4, 0.5) is 4.39 Å². The molecule has 0 radical (unpaired) electrons. The van der Waals surface area contributed by atoms with Gasteiger partial charge in [0.15, 0.2) is 0 Å². The molecule has 0 amide bonds. The molecule has 2 aromatic heterocycles. The number of hydrogen-bond acceptors (Lipinski definition) is 3. The SMILES string of the molecule is Cc1ccc(Cn2c(=O)c3cccnc3n(Cc3cccc(F)c3)c2=O)cc1. The first-order chi connectivity index (χ1) is 13.5. The molecule has 0 aliphatic rings. The Bertz CT molecular complexity index is 1270. The van der Waals surface area contributed by atoms with Crippen molar-refractivity contribution in [3.05, 3.63) is 110 Å². The maximum atomic E-state index is 13.6. The van der Waals surface area contributed by atoms with Crippen molar-refractivity contribution in [3.63, 3.8) is 0 Å². The first-order valence-corrected chi connectivity index (χ1v) is 8.91. The van der Waals surface area contributed by atoms with Crippen molar-refractivity contribution in [3.8, 4) is 0 Å². The second-order valence-electron chi connectivity index (χ2n) is 6.75. The zero-order chi connectivity index (χ0) is 19.7. The minimum absolute atomic E-state index is 0.123. The van der Waals surface area contributed by atoms with Crippen LogP contribution in [0, 0.1) is 12.7 Å². The normalized spacial score (nSPS) is 11.1. The maximum Gasteiger partial charge on any atom is 0.333 e. The maximum absolute atomic E-state index is 13.6. The van der Waals surface area contributed by atoms with Gasteiger partial charge in [0.05, 0.1) is 18.5 Å². The van der Waals surface area contributed by atoms with Gasteiger partial charge in [-0.2, -0.15) is 0 Å². The standard InChI is InChI=1S/C22H18FN3O2/c1-15-7-9-16(10-8-15)13-26-21(27)19-6-3-11-24-20(19)25(22(26)28)14-17-4-2-5-18(23)12-17/h2-12H,13-14H2,1H3. The van der Waals surface area contributed by atoms with Gasteiger partial charge in [0, 0.05) is 6.20 Å². The Hall–Kier alpha value is -3.54. The fraction of sp³-hybridized carbons (Fsp3) is 0.136. The number of rotatable bonds is 4. The second kappa shape index (κ2) is 7.23. The van der Waals surface area contributed by atoms with E-state index >= 15 is 0 Å². The van der Waals surface area contributed by atoms with Crippen molar-refractivity contribution >= 4 is 11.0 Å². The molecule has 140 valence electrons. The Kier molecular flexibility index (Phi) is 4.61. The van der Waals surface area contributed by atoms with Crippen molar-refractivity contribution in [2.24, 2.45) is 0 Å². The summed E-state index contributed by atoms with van der Waals surface area (Å²) >= 11 is 0. The van der Waals surface area contributed by atoms with Gasteiger partial charge in [0.2, 0.25) is 0 Å². The molecule has 0 aliphatic carbocycles. The summed E-state index contributed by atoms with van der Waals surface area (Å²) < 4.78 is 16.2. The largest absolute Gasteiger partial charge is 0.333 e. The van der Waals surface area contributed by atoms with Crippen LogP contribution in [0.15, 0.2) is 76.4 Å². The molecule has 6 heteroatoms. The Morgan fingerprint density at radius 2 is 1.64 bits per heavy atom. The van der Waals surface area contributed by atoms with E-state index in [1.807, 2.05) is 31.2 Å². The molecule has 4 aromatic rings. The molecular formula is C22H18FN3O2. The van der Waals surface area contributed by atoms with E-state index in [-0.39, 0.29) is 24.5 Å². The number of halogens is 1. The van der Waals surface area contributed by atoms with Crippen LogP contribution in [0.25, 0.3) is 11.0 Å². The van der Waals surface area contributed by atoms with E-state index in [1.54, 1.807) is 24.3 Å². The van der Waals surface area contributed by atoms with Crippen molar-refractivity contribution < 1.29 is 4.39 Å². The third-order valence-electron chi connectivity index (χ3n) is 4.67. The molecule has 0 saturated carbocycles. The Labute approximate surface area is 160 Å². The van der Waals surface area contributed by atoms with Gasteiger partial charge in [0.1, 0.15) is 11.5 Å². The third kappa shape index (κ3) is 3.36. The van der Waals surface area contributed by atoms with E-state index in [4.69, 9.17) is 0 Å². The topological polar surface area (TPSA) is 56.9 Å². The zero-order valence-corrected chi connectivity index (χ0v) is 15.3. The molecule has 4 rings (SSSR count). The summed E-state index contributed by atoms with van der Waals surface area (Å²) in [6.45, 7) is 2.26. The van der Waals surface area contributed by atoms with Gasteiger partial charge in [-0.15, -0.1) is 0 Å². The summed E-state index contributed by atoms with van der Waals surface area (Å²) in [5.74, 6) is -0.379. The van der Waals surface area contributed by atoms with Gasteiger partial charge < -0.3 is 0 Å². The lowest BCUT2D eigenvalue weighted by molar-refractivity contribution is 0.613. The summed E-state index contributed by atoms with van der Waals surface area (Å²) in [4.78, 5) is 30.3. The van der Waals surface area contributed by atoms with Crippen molar-refractivity contribution in [1.82, 2.24) is 14.1 Å². The highest BCUT2D eigenvalue weighted by molar-refractivity contribution is 5.73. The lowest BCUT2D eigenvalue weighted by Gasteiger charge is -2.14. The van der Waals surface area contributed by atoms with Crippen LogP contribution in [0.3, 0.4) is 0 Å². The molecule has 0 spiro atoms. The summed E-state index contributed by atoms with van der Waals surface area (Å²) in [5.41, 5.74) is 2.01. The van der Waals surface area contributed by atoms with Crippen LogP contribution in [0.5, 0.6) is 0 Å². The Morgan fingerprint density at radius 1 is 0.893 bits per heavy atom.